The molecule has 0 bridgehead atoms. The molecule has 7 heteroatoms. The molecule has 3 N–H and O–H groups in total. The normalized spacial score (nSPS) is 21.9. The molecule has 2 aromatic carbocycles. The van der Waals surface area contributed by atoms with E-state index in [9.17, 15) is 15.0 Å². The monoisotopic (exact) mass is 384 g/mol. The molecule has 2 atom stereocenters. The number of fused-ring (bicyclic) bond motifs is 1. The fourth-order valence-electron chi connectivity index (χ4n) is 3.66. The number of likely N-dealkylation sites (tertiary alicyclic amines) is 1. The molecule has 7 nitrogen and oxygen atoms in total. The predicted molar refractivity (Wildman–Crippen MR) is 102 cm³/mol. The van der Waals surface area contributed by atoms with Gasteiger partial charge in [0, 0.05) is 18.7 Å². The van der Waals surface area contributed by atoms with Crippen molar-refractivity contribution in [2.24, 2.45) is 0 Å². The number of carbonyl (C=O) groups excluding carboxylic acids is 1. The number of aromatic hydroxyl groups is 1. The van der Waals surface area contributed by atoms with E-state index in [-0.39, 0.29) is 24.5 Å². The highest BCUT2D eigenvalue weighted by atomic mass is 16.7. The molecule has 1 saturated heterocycles. The number of hydrogen-bond acceptors (Lipinski definition) is 6. The van der Waals surface area contributed by atoms with E-state index >= 15 is 0 Å². The van der Waals surface area contributed by atoms with Crippen LogP contribution in [-0.2, 0) is 6.54 Å². The number of ether oxygens (including phenoxy) is 2. The van der Waals surface area contributed by atoms with Crippen LogP contribution in [0.25, 0.3) is 0 Å². The average molecular weight is 384 g/mol. The molecular formula is C21H24N2O5. The highest BCUT2D eigenvalue weighted by molar-refractivity contribution is 5.94. The van der Waals surface area contributed by atoms with Crippen molar-refractivity contribution >= 4 is 5.91 Å². The second-order valence-electron chi connectivity index (χ2n) is 7.26. The Balaban J connectivity index is 1.42. The van der Waals surface area contributed by atoms with Crippen molar-refractivity contribution < 1.29 is 24.5 Å². The third kappa shape index (κ3) is 4.21. The summed E-state index contributed by atoms with van der Waals surface area (Å²) in [6.45, 7) is 2.35. The fourth-order valence-corrected chi connectivity index (χ4v) is 3.66. The number of amides is 1. The number of nitrogens with zero attached hydrogens (tertiary/aromatic N) is 1. The van der Waals surface area contributed by atoms with Gasteiger partial charge in [0.25, 0.3) is 5.91 Å². The Morgan fingerprint density at radius 1 is 1.14 bits per heavy atom. The van der Waals surface area contributed by atoms with Crippen LogP contribution in [0, 0.1) is 0 Å². The van der Waals surface area contributed by atoms with Crippen molar-refractivity contribution in [1.82, 2.24) is 10.2 Å². The van der Waals surface area contributed by atoms with E-state index in [1.807, 2.05) is 18.2 Å². The second kappa shape index (κ2) is 8.08. The van der Waals surface area contributed by atoms with Crippen molar-refractivity contribution in [1.29, 1.82) is 0 Å². The average Bonchev–Trinajstić information content (AvgIpc) is 3.08. The van der Waals surface area contributed by atoms with Crippen molar-refractivity contribution in [3.05, 3.63) is 53.6 Å². The van der Waals surface area contributed by atoms with E-state index in [4.69, 9.17) is 9.47 Å². The van der Waals surface area contributed by atoms with Gasteiger partial charge in [0.2, 0.25) is 6.79 Å². The maximum atomic E-state index is 12.5. The van der Waals surface area contributed by atoms with Crippen LogP contribution < -0.4 is 14.8 Å². The van der Waals surface area contributed by atoms with Crippen LogP contribution in [0.15, 0.2) is 42.5 Å². The van der Waals surface area contributed by atoms with Crippen LogP contribution in [0.2, 0.25) is 0 Å². The second-order valence-corrected chi connectivity index (χ2v) is 7.26. The van der Waals surface area contributed by atoms with E-state index in [1.165, 1.54) is 12.1 Å². The Labute approximate surface area is 163 Å². The van der Waals surface area contributed by atoms with Gasteiger partial charge < -0.3 is 25.0 Å². The van der Waals surface area contributed by atoms with Crippen molar-refractivity contribution in [2.45, 2.75) is 31.5 Å². The minimum absolute atomic E-state index is 0.112. The highest BCUT2D eigenvalue weighted by Crippen LogP contribution is 2.33. The third-order valence-electron chi connectivity index (χ3n) is 5.18. The van der Waals surface area contributed by atoms with Crippen LogP contribution in [0.3, 0.4) is 0 Å². The number of hydrogen-bond donors (Lipinski definition) is 3. The topological polar surface area (TPSA) is 91.3 Å². The lowest BCUT2D eigenvalue weighted by molar-refractivity contribution is 0.0798. The van der Waals surface area contributed by atoms with Crippen LogP contribution in [0.5, 0.6) is 17.2 Å². The van der Waals surface area contributed by atoms with Crippen LogP contribution >= 0.6 is 0 Å². The molecule has 0 saturated carbocycles. The third-order valence-corrected chi connectivity index (χ3v) is 5.18. The van der Waals surface area contributed by atoms with E-state index in [1.54, 1.807) is 12.1 Å². The van der Waals surface area contributed by atoms with E-state index in [0.717, 1.165) is 30.0 Å². The Kier molecular flexibility index (Phi) is 5.36. The van der Waals surface area contributed by atoms with E-state index in [2.05, 4.69) is 10.2 Å². The van der Waals surface area contributed by atoms with Gasteiger partial charge in [-0.25, -0.2) is 0 Å². The first-order valence-electron chi connectivity index (χ1n) is 9.47. The number of aliphatic hydroxyl groups is 1. The Hall–Kier alpha value is -2.77. The Morgan fingerprint density at radius 2 is 1.93 bits per heavy atom. The molecule has 2 aliphatic heterocycles. The molecule has 0 unspecified atom stereocenters. The zero-order chi connectivity index (χ0) is 19.5. The quantitative estimate of drug-likeness (QED) is 0.746. The lowest BCUT2D eigenvalue weighted by atomic mass is 10.1. The molecule has 1 fully saturated rings. The molecular weight excluding hydrogens is 360 g/mol. The number of benzene rings is 2. The van der Waals surface area contributed by atoms with Gasteiger partial charge in [-0.05, 0) is 61.3 Å². The summed E-state index contributed by atoms with van der Waals surface area (Å²) in [5, 5.41) is 22.8. The van der Waals surface area contributed by atoms with Gasteiger partial charge in [0.05, 0.1) is 12.1 Å². The van der Waals surface area contributed by atoms with Crippen LogP contribution in [-0.4, -0.2) is 53.0 Å². The molecule has 0 aromatic heterocycles. The maximum Gasteiger partial charge on any atom is 0.251 e. The predicted octanol–water partition coefficient (Wildman–Crippen LogP) is 1.88. The molecule has 2 aliphatic rings. The van der Waals surface area contributed by atoms with Gasteiger partial charge in [-0.3, -0.25) is 9.69 Å². The van der Waals surface area contributed by atoms with Gasteiger partial charge in [-0.15, -0.1) is 0 Å². The summed E-state index contributed by atoms with van der Waals surface area (Å²) < 4.78 is 10.8. The summed E-state index contributed by atoms with van der Waals surface area (Å²) in [4.78, 5) is 14.8. The maximum absolute atomic E-state index is 12.5. The highest BCUT2D eigenvalue weighted by Gasteiger charge is 2.27. The van der Waals surface area contributed by atoms with Crippen molar-refractivity contribution in [3.63, 3.8) is 0 Å². The first-order valence-corrected chi connectivity index (χ1v) is 9.47. The largest absolute Gasteiger partial charge is 0.508 e. The summed E-state index contributed by atoms with van der Waals surface area (Å²) in [6, 6.07) is 11.6. The SMILES string of the molecule is O=C(N[C@H]1CN(Cc2ccc3c(c2)OCO3)CCC[C@H]1O)c1ccc(O)cc1. The molecule has 2 aromatic rings. The summed E-state index contributed by atoms with van der Waals surface area (Å²) in [5.74, 6) is 1.37. The molecule has 4 rings (SSSR count). The first kappa shape index (κ1) is 18.6. The van der Waals surface area contributed by atoms with E-state index in [0.29, 0.717) is 25.1 Å². The van der Waals surface area contributed by atoms with Gasteiger partial charge in [0.1, 0.15) is 5.75 Å². The van der Waals surface area contributed by atoms with Crippen LogP contribution in [0.1, 0.15) is 28.8 Å². The summed E-state index contributed by atoms with van der Waals surface area (Å²) >= 11 is 0. The lowest BCUT2D eigenvalue weighted by Crippen LogP contribution is -2.48. The van der Waals surface area contributed by atoms with Crippen molar-refractivity contribution in [2.75, 3.05) is 19.9 Å². The minimum atomic E-state index is -0.595. The first-order chi connectivity index (χ1) is 13.6. The summed E-state index contributed by atoms with van der Waals surface area (Å²) in [7, 11) is 0. The smallest absolute Gasteiger partial charge is 0.251 e. The molecule has 1 amide bonds. The molecule has 148 valence electrons. The Bertz CT molecular complexity index is 839. The van der Waals surface area contributed by atoms with Gasteiger partial charge in [-0.2, -0.15) is 0 Å². The number of nitrogens with one attached hydrogen (secondary N) is 1. The number of aliphatic hydroxyl groups excluding tert-OH is 1. The molecule has 0 aliphatic carbocycles. The molecule has 0 spiro atoms. The summed E-state index contributed by atoms with van der Waals surface area (Å²) in [5.41, 5.74) is 1.56. The Morgan fingerprint density at radius 3 is 2.75 bits per heavy atom. The van der Waals surface area contributed by atoms with E-state index < -0.39 is 6.10 Å². The number of phenols is 1. The van der Waals surface area contributed by atoms with Gasteiger partial charge >= 0.3 is 0 Å². The number of carbonyl (C=O) groups is 1. The van der Waals surface area contributed by atoms with Crippen LogP contribution in [0.4, 0.5) is 0 Å². The minimum Gasteiger partial charge on any atom is -0.508 e. The van der Waals surface area contributed by atoms with Crippen molar-refractivity contribution in [3.8, 4) is 17.2 Å². The standard InChI is InChI=1S/C21H24N2O5/c24-16-6-4-15(5-7-16)21(26)22-17-12-23(9-1-2-18(17)25)11-14-3-8-19-20(10-14)28-13-27-19/h3-8,10,17-18,24-25H,1-2,9,11-13H2,(H,22,26)/t17-,18+/m0/s1. The van der Waals surface area contributed by atoms with Gasteiger partial charge in [-0.1, -0.05) is 6.07 Å². The zero-order valence-corrected chi connectivity index (χ0v) is 15.5. The molecule has 28 heavy (non-hydrogen) atoms. The van der Waals surface area contributed by atoms with Gasteiger partial charge in [0.15, 0.2) is 11.5 Å². The molecule has 0 radical (unpaired) electrons. The fraction of sp³-hybridized carbons (Fsp3) is 0.381. The summed E-state index contributed by atoms with van der Waals surface area (Å²) in [6.07, 6.45) is 0.901. The number of phenolic OH excluding ortho intramolecular Hbond substituents is 1. The molecule has 2 heterocycles. The number of rotatable bonds is 4. The zero-order valence-electron chi connectivity index (χ0n) is 15.5. The lowest BCUT2D eigenvalue weighted by Gasteiger charge is -2.27.